The molecule has 1 amide bonds. The number of aryl methyl sites for hydroxylation is 1. The Bertz CT molecular complexity index is 577. The second-order valence-electron chi connectivity index (χ2n) is 6.34. The summed E-state index contributed by atoms with van der Waals surface area (Å²) in [4.78, 5) is 11.8. The van der Waals surface area contributed by atoms with Crippen molar-refractivity contribution in [3.63, 3.8) is 0 Å². The number of nitrogens with zero attached hydrogens (tertiary/aromatic N) is 1. The Labute approximate surface area is 133 Å². The van der Waals surface area contributed by atoms with Crippen molar-refractivity contribution < 1.29 is 13.2 Å². The maximum Gasteiger partial charge on any atom is 0.220 e. The molecule has 22 heavy (non-hydrogen) atoms. The van der Waals surface area contributed by atoms with Crippen LogP contribution >= 0.6 is 0 Å². The summed E-state index contributed by atoms with van der Waals surface area (Å²) < 4.78 is 25.0. The van der Waals surface area contributed by atoms with E-state index in [1.54, 1.807) is 0 Å². The lowest BCUT2D eigenvalue weighted by Gasteiger charge is -2.33. The Morgan fingerprint density at radius 2 is 1.77 bits per heavy atom. The average molecular weight is 326 g/mol. The summed E-state index contributed by atoms with van der Waals surface area (Å²) in [7, 11) is -3.29. The first-order valence-electron chi connectivity index (χ1n) is 7.39. The lowest BCUT2D eigenvalue weighted by atomic mass is 10.1. The summed E-state index contributed by atoms with van der Waals surface area (Å²) in [6.45, 7) is 6.11. The maximum atomic E-state index is 11.8. The zero-order chi connectivity index (χ0) is 16.8. The van der Waals surface area contributed by atoms with E-state index in [1.807, 2.05) is 51.1 Å². The van der Waals surface area contributed by atoms with Gasteiger partial charge in [0.25, 0.3) is 0 Å². The Balaban J connectivity index is 2.41. The molecule has 0 atom stereocenters. The molecule has 0 saturated heterocycles. The molecule has 5 nitrogen and oxygen atoms in total. The fourth-order valence-corrected chi connectivity index (χ4v) is 3.70. The van der Waals surface area contributed by atoms with Gasteiger partial charge in [0, 0.05) is 25.0 Å². The normalized spacial score (nSPS) is 12.4. The minimum absolute atomic E-state index is 0.0637. The van der Waals surface area contributed by atoms with Gasteiger partial charge in [0.05, 0.1) is 6.26 Å². The lowest BCUT2D eigenvalue weighted by Crippen LogP contribution is -2.48. The van der Waals surface area contributed by atoms with E-state index in [4.69, 9.17) is 0 Å². The predicted octanol–water partition coefficient (Wildman–Crippen LogP) is 1.80. The third-order valence-corrected chi connectivity index (χ3v) is 4.80. The summed E-state index contributed by atoms with van der Waals surface area (Å²) in [5.41, 5.74) is 0.618. The summed E-state index contributed by atoms with van der Waals surface area (Å²) in [5.74, 6) is -0.0637. The number of sulfonamides is 1. The maximum absolute atomic E-state index is 11.8. The van der Waals surface area contributed by atoms with Gasteiger partial charge < -0.3 is 5.32 Å². The van der Waals surface area contributed by atoms with E-state index >= 15 is 0 Å². The van der Waals surface area contributed by atoms with Crippen LogP contribution in [0.3, 0.4) is 0 Å². The van der Waals surface area contributed by atoms with Crippen LogP contribution in [0.5, 0.6) is 0 Å². The molecule has 0 aliphatic carbocycles. The highest BCUT2D eigenvalue weighted by Crippen LogP contribution is 2.16. The molecular weight excluding hydrogens is 300 g/mol. The first-order chi connectivity index (χ1) is 10.1. The van der Waals surface area contributed by atoms with Gasteiger partial charge in [-0.25, -0.2) is 8.42 Å². The smallest absolute Gasteiger partial charge is 0.220 e. The first-order valence-corrected chi connectivity index (χ1v) is 9.24. The van der Waals surface area contributed by atoms with Crippen LogP contribution in [0.15, 0.2) is 30.3 Å². The van der Waals surface area contributed by atoms with Crippen molar-refractivity contribution in [2.45, 2.75) is 39.2 Å². The van der Waals surface area contributed by atoms with Crippen LogP contribution in [-0.4, -0.2) is 43.5 Å². The lowest BCUT2D eigenvalue weighted by molar-refractivity contribution is -0.121. The van der Waals surface area contributed by atoms with E-state index in [0.717, 1.165) is 5.56 Å². The van der Waals surface area contributed by atoms with Crippen molar-refractivity contribution in [2.75, 3.05) is 19.3 Å². The van der Waals surface area contributed by atoms with Crippen molar-refractivity contribution in [1.29, 1.82) is 0 Å². The van der Waals surface area contributed by atoms with E-state index in [0.29, 0.717) is 19.4 Å². The largest absolute Gasteiger partial charge is 0.355 e. The molecule has 0 heterocycles. The van der Waals surface area contributed by atoms with Crippen LogP contribution in [0.1, 0.15) is 32.8 Å². The molecule has 0 unspecified atom stereocenters. The number of amides is 1. The minimum atomic E-state index is -3.29. The van der Waals surface area contributed by atoms with E-state index in [2.05, 4.69) is 5.32 Å². The molecule has 0 aliphatic rings. The van der Waals surface area contributed by atoms with Gasteiger partial charge in [0.2, 0.25) is 15.9 Å². The van der Waals surface area contributed by atoms with Crippen LogP contribution in [-0.2, 0) is 21.2 Å². The number of carbonyl (C=O) groups excluding carboxylic acids is 1. The molecule has 0 aliphatic heterocycles. The minimum Gasteiger partial charge on any atom is -0.355 e. The van der Waals surface area contributed by atoms with Gasteiger partial charge in [-0.2, -0.15) is 4.31 Å². The molecule has 0 saturated carbocycles. The molecule has 1 rings (SSSR count). The fourth-order valence-electron chi connectivity index (χ4n) is 2.29. The zero-order valence-corrected chi connectivity index (χ0v) is 14.6. The molecule has 1 N–H and O–H groups in total. The highest BCUT2D eigenvalue weighted by molar-refractivity contribution is 7.88. The Hall–Kier alpha value is -1.40. The molecule has 6 heteroatoms. The predicted molar refractivity (Wildman–Crippen MR) is 89.1 cm³/mol. The summed E-state index contributed by atoms with van der Waals surface area (Å²) in [6.07, 6.45) is 2.27. The van der Waals surface area contributed by atoms with Crippen LogP contribution in [0.4, 0.5) is 0 Å². The number of nitrogens with one attached hydrogen (secondary N) is 1. The van der Waals surface area contributed by atoms with Crippen molar-refractivity contribution in [3.8, 4) is 0 Å². The van der Waals surface area contributed by atoms with Crippen molar-refractivity contribution in [1.82, 2.24) is 9.62 Å². The van der Waals surface area contributed by atoms with Gasteiger partial charge in [-0.15, -0.1) is 0 Å². The van der Waals surface area contributed by atoms with Gasteiger partial charge in [-0.3, -0.25) is 4.79 Å². The standard InChI is InChI=1S/C16H26N2O3S/c1-16(2,3)18(22(4,20)21)13-12-17-15(19)11-10-14-8-6-5-7-9-14/h5-9H,10-13H2,1-4H3,(H,17,19). The third-order valence-electron chi connectivity index (χ3n) is 3.27. The Morgan fingerprint density at radius 3 is 2.27 bits per heavy atom. The van der Waals surface area contributed by atoms with Crippen LogP contribution in [0.2, 0.25) is 0 Å². The summed E-state index contributed by atoms with van der Waals surface area (Å²) >= 11 is 0. The molecule has 0 aromatic heterocycles. The Kier molecular flexibility index (Phi) is 6.56. The topological polar surface area (TPSA) is 66.5 Å². The average Bonchev–Trinajstić information content (AvgIpc) is 2.39. The number of hydrogen-bond donors (Lipinski definition) is 1. The number of rotatable bonds is 7. The molecule has 0 fully saturated rings. The van der Waals surface area contributed by atoms with Gasteiger partial charge in [0.1, 0.15) is 0 Å². The molecule has 0 radical (unpaired) electrons. The second kappa shape index (κ2) is 7.74. The highest BCUT2D eigenvalue weighted by Gasteiger charge is 2.28. The number of benzene rings is 1. The van der Waals surface area contributed by atoms with Crippen LogP contribution in [0, 0.1) is 0 Å². The number of carbonyl (C=O) groups is 1. The number of hydrogen-bond acceptors (Lipinski definition) is 3. The molecule has 124 valence electrons. The van der Waals surface area contributed by atoms with E-state index in [9.17, 15) is 13.2 Å². The molecule has 0 spiro atoms. The molecule has 0 bridgehead atoms. The van der Waals surface area contributed by atoms with Crippen molar-refractivity contribution in [2.24, 2.45) is 0 Å². The molecular formula is C16H26N2O3S. The first kappa shape index (κ1) is 18.6. The van der Waals surface area contributed by atoms with E-state index in [1.165, 1.54) is 10.6 Å². The molecule has 1 aromatic rings. The summed E-state index contributed by atoms with van der Waals surface area (Å²) in [6, 6.07) is 9.80. The quantitative estimate of drug-likeness (QED) is 0.831. The van der Waals surface area contributed by atoms with Gasteiger partial charge in [0.15, 0.2) is 0 Å². The summed E-state index contributed by atoms with van der Waals surface area (Å²) in [5, 5.41) is 2.78. The Morgan fingerprint density at radius 1 is 1.18 bits per heavy atom. The SMILES string of the molecule is CC(C)(C)N(CCNC(=O)CCc1ccccc1)S(C)(=O)=O. The van der Waals surface area contributed by atoms with Crippen molar-refractivity contribution >= 4 is 15.9 Å². The fraction of sp³-hybridized carbons (Fsp3) is 0.562. The second-order valence-corrected chi connectivity index (χ2v) is 8.25. The van der Waals surface area contributed by atoms with Gasteiger partial charge in [-0.1, -0.05) is 30.3 Å². The highest BCUT2D eigenvalue weighted by atomic mass is 32.2. The monoisotopic (exact) mass is 326 g/mol. The van der Waals surface area contributed by atoms with Crippen LogP contribution in [0.25, 0.3) is 0 Å². The van der Waals surface area contributed by atoms with Crippen LogP contribution < -0.4 is 5.32 Å². The van der Waals surface area contributed by atoms with Gasteiger partial charge >= 0.3 is 0 Å². The van der Waals surface area contributed by atoms with E-state index < -0.39 is 15.6 Å². The van der Waals surface area contributed by atoms with E-state index in [-0.39, 0.29) is 12.5 Å². The molecule has 1 aromatic carbocycles. The van der Waals surface area contributed by atoms with Gasteiger partial charge in [-0.05, 0) is 32.8 Å². The zero-order valence-electron chi connectivity index (χ0n) is 13.8. The van der Waals surface area contributed by atoms with Crippen molar-refractivity contribution in [3.05, 3.63) is 35.9 Å². The third kappa shape index (κ3) is 6.58.